The van der Waals surface area contributed by atoms with E-state index in [9.17, 15) is 8.42 Å². The Hall–Kier alpha value is -1.96. The van der Waals surface area contributed by atoms with Gasteiger partial charge in [-0.15, -0.1) is 0 Å². The third-order valence-electron chi connectivity index (χ3n) is 7.27. The van der Waals surface area contributed by atoms with E-state index in [1.807, 2.05) is 18.2 Å². The van der Waals surface area contributed by atoms with Gasteiger partial charge in [-0.05, 0) is 50.1 Å². The van der Waals surface area contributed by atoms with Crippen molar-refractivity contribution in [1.82, 2.24) is 19.2 Å². The van der Waals surface area contributed by atoms with Crippen molar-refractivity contribution in [3.8, 4) is 0 Å². The van der Waals surface area contributed by atoms with E-state index in [0.29, 0.717) is 13.1 Å². The summed E-state index contributed by atoms with van der Waals surface area (Å²) in [5.41, 5.74) is 4.54. The van der Waals surface area contributed by atoms with Crippen molar-refractivity contribution in [2.45, 2.75) is 63.4 Å². The molecule has 1 aromatic carbocycles. The molecule has 7 heteroatoms. The van der Waals surface area contributed by atoms with Gasteiger partial charge in [-0.25, -0.2) is 13.4 Å². The van der Waals surface area contributed by atoms with Crippen LogP contribution in [0.4, 0.5) is 0 Å². The Kier molecular flexibility index (Phi) is 6.61. The van der Waals surface area contributed by atoms with Crippen LogP contribution in [0, 0.1) is 5.41 Å². The highest BCUT2D eigenvalue weighted by Gasteiger charge is 2.40. The van der Waals surface area contributed by atoms with E-state index < -0.39 is 10.0 Å². The van der Waals surface area contributed by atoms with Gasteiger partial charge in [0.15, 0.2) is 5.03 Å². The Morgan fingerprint density at radius 2 is 1.94 bits per heavy atom. The predicted octanol–water partition coefficient (Wildman–Crippen LogP) is 4.08. The molecule has 0 radical (unpaired) electrons. The number of aromatic nitrogens is 2. The highest BCUT2D eigenvalue weighted by Crippen LogP contribution is 2.41. The van der Waals surface area contributed by atoms with Gasteiger partial charge in [-0.1, -0.05) is 55.3 Å². The van der Waals surface area contributed by atoms with Crippen LogP contribution in [0.1, 0.15) is 57.9 Å². The molecule has 2 heterocycles. The van der Waals surface area contributed by atoms with E-state index in [-0.39, 0.29) is 22.4 Å². The summed E-state index contributed by atoms with van der Waals surface area (Å²) in [6.07, 6.45) is 7.85. The molecule has 32 heavy (non-hydrogen) atoms. The molecule has 1 aromatic heterocycles. The molecule has 0 amide bonds. The zero-order chi connectivity index (χ0) is 22.9. The van der Waals surface area contributed by atoms with Gasteiger partial charge in [0.05, 0.1) is 6.33 Å². The van der Waals surface area contributed by atoms with E-state index in [2.05, 4.69) is 43.2 Å². The van der Waals surface area contributed by atoms with Crippen molar-refractivity contribution >= 4 is 10.0 Å². The summed E-state index contributed by atoms with van der Waals surface area (Å²) in [5, 5.41) is 3.85. The number of rotatable bonds is 7. The van der Waals surface area contributed by atoms with Gasteiger partial charge in [-0.3, -0.25) is 0 Å². The lowest BCUT2D eigenvalue weighted by Gasteiger charge is -2.35. The van der Waals surface area contributed by atoms with E-state index in [1.54, 1.807) is 27.7 Å². The molecule has 2 aromatic rings. The SMILES string of the molecule is CC1=C(CCNC2CN(S(=O)(=O)c3cn(C)cn3)CC2c2ccccc2)C(C)(C)CCC1. The second kappa shape index (κ2) is 9.12. The molecule has 0 spiro atoms. The van der Waals surface area contributed by atoms with Crippen LogP contribution in [-0.2, 0) is 17.1 Å². The minimum absolute atomic E-state index is 0.0727. The number of allylic oxidation sites excluding steroid dienone is 1. The van der Waals surface area contributed by atoms with E-state index in [4.69, 9.17) is 0 Å². The van der Waals surface area contributed by atoms with Crippen LogP contribution in [0.25, 0.3) is 0 Å². The largest absolute Gasteiger partial charge is 0.339 e. The summed E-state index contributed by atoms with van der Waals surface area (Å²) >= 11 is 0. The van der Waals surface area contributed by atoms with E-state index >= 15 is 0 Å². The fourth-order valence-corrected chi connectivity index (χ4v) is 6.93. The van der Waals surface area contributed by atoms with Crippen molar-refractivity contribution in [2.24, 2.45) is 12.5 Å². The molecule has 2 atom stereocenters. The Balaban J connectivity index is 1.51. The molecule has 1 aliphatic carbocycles. The van der Waals surface area contributed by atoms with Gasteiger partial charge in [0.2, 0.25) is 0 Å². The van der Waals surface area contributed by atoms with Crippen LogP contribution in [0.5, 0.6) is 0 Å². The molecule has 4 rings (SSSR count). The van der Waals surface area contributed by atoms with Crippen molar-refractivity contribution in [3.05, 3.63) is 59.6 Å². The highest BCUT2D eigenvalue weighted by molar-refractivity contribution is 7.89. The van der Waals surface area contributed by atoms with Crippen LogP contribution in [-0.4, -0.2) is 48.0 Å². The fraction of sp³-hybridized carbons (Fsp3) is 0.560. The van der Waals surface area contributed by atoms with Crippen LogP contribution in [0.2, 0.25) is 0 Å². The maximum atomic E-state index is 13.2. The van der Waals surface area contributed by atoms with E-state index in [1.165, 1.54) is 36.7 Å². The molecule has 2 unspecified atom stereocenters. The number of hydrogen-bond acceptors (Lipinski definition) is 4. The van der Waals surface area contributed by atoms with Gasteiger partial charge in [0.25, 0.3) is 10.0 Å². The third kappa shape index (κ3) is 4.70. The topological polar surface area (TPSA) is 67.2 Å². The number of sulfonamides is 1. The first-order valence-electron chi connectivity index (χ1n) is 11.6. The number of hydrogen-bond donors (Lipinski definition) is 1. The molecular formula is C25H36N4O2S. The van der Waals surface area contributed by atoms with Crippen LogP contribution >= 0.6 is 0 Å². The van der Waals surface area contributed by atoms with Gasteiger partial charge < -0.3 is 9.88 Å². The van der Waals surface area contributed by atoms with E-state index in [0.717, 1.165) is 13.0 Å². The normalized spacial score (nSPS) is 24.2. The van der Waals surface area contributed by atoms with Crippen molar-refractivity contribution in [1.29, 1.82) is 0 Å². The summed E-state index contributed by atoms with van der Waals surface area (Å²) in [6, 6.07) is 10.3. The van der Waals surface area contributed by atoms with Crippen LogP contribution in [0.15, 0.2) is 59.0 Å². The maximum Gasteiger partial charge on any atom is 0.262 e. The molecule has 0 saturated carbocycles. The smallest absolute Gasteiger partial charge is 0.262 e. The molecule has 1 N–H and O–H groups in total. The number of nitrogens with one attached hydrogen (secondary N) is 1. The summed E-state index contributed by atoms with van der Waals surface area (Å²) in [6.45, 7) is 8.78. The summed E-state index contributed by atoms with van der Waals surface area (Å²) in [7, 11) is -1.82. The molecular weight excluding hydrogens is 420 g/mol. The first kappa shape index (κ1) is 23.2. The molecule has 174 valence electrons. The van der Waals surface area contributed by atoms with Crippen LogP contribution in [0.3, 0.4) is 0 Å². The predicted molar refractivity (Wildman–Crippen MR) is 128 cm³/mol. The first-order chi connectivity index (χ1) is 15.2. The van der Waals surface area contributed by atoms with Crippen LogP contribution < -0.4 is 5.32 Å². The average Bonchev–Trinajstić information content (AvgIpc) is 3.38. The third-order valence-corrected chi connectivity index (χ3v) is 8.98. The standard InChI is InChI=1S/C25H36N4O2S/c1-19-9-8-13-25(2,3)22(19)12-14-26-23-16-29(15-21(23)20-10-6-5-7-11-20)32(30,31)24-17-28(4)18-27-24/h5-7,10-11,17-18,21,23,26H,8-9,12-16H2,1-4H3. The molecule has 1 fully saturated rings. The number of benzene rings is 1. The summed E-state index contributed by atoms with van der Waals surface area (Å²) in [4.78, 5) is 4.11. The van der Waals surface area contributed by atoms with Gasteiger partial charge in [-0.2, -0.15) is 4.31 Å². The molecule has 2 aliphatic rings. The average molecular weight is 457 g/mol. The second-order valence-corrected chi connectivity index (χ2v) is 11.9. The zero-order valence-electron chi connectivity index (χ0n) is 19.7. The Morgan fingerprint density at radius 3 is 2.59 bits per heavy atom. The number of aryl methyl sites for hydroxylation is 1. The Morgan fingerprint density at radius 1 is 1.19 bits per heavy atom. The monoisotopic (exact) mass is 456 g/mol. The van der Waals surface area contributed by atoms with Crippen molar-refractivity contribution in [3.63, 3.8) is 0 Å². The van der Waals surface area contributed by atoms with Gasteiger partial charge in [0, 0.05) is 38.3 Å². The lowest BCUT2D eigenvalue weighted by atomic mass is 9.71. The number of nitrogens with zero attached hydrogens (tertiary/aromatic N) is 3. The Bertz CT molecular complexity index is 1070. The lowest BCUT2D eigenvalue weighted by molar-refractivity contribution is 0.349. The van der Waals surface area contributed by atoms with Gasteiger partial charge in [0.1, 0.15) is 0 Å². The molecule has 6 nitrogen and oxygen atoms in total. The maximum absolute atomic E-state index is 13.2. The van der Waals surface area contributed by atoms with Crippen molar-refractivity contribution < 1.29 is 8.42 Å². The fourth-order valence-electron chi connectivity index (χ4n) is 5.47. The van der Waals surface area contributed by atoms with Crippen molar-refractivity contribution in [2.75, 3.05) is 19.6 Å². The summed E-state index contributed by atoms with van der Waals surface area (Å²) < 4.78 is 29.7. The lowest BCUT2D eigenvalue weighted by Crippen LogP contribution is -2.38. The minimum Gasteiger partial charge on any atom is -0.339 e. The highest BCUT2D eigenvalue weighted by atomic mass is 32.2. The Labute approximate surface area is 192 Å². The quantitative estimate of drug-likeness (QED) is 0.638. The summed E-state index contributed by atoms with van der Waals surface area (Å²) in [5.74, 6) is 0.115. The second-order valence-electron chi connectivity index (χ2n) is 10.0. The number of imidazole rings is 1. The minimum atomic E-state index is -3.61. The molecule has 1 aliphatic heterocycles. The van der Waals surface area contributed by atoms with Gasteiger partial charge >= 0.3 is 0 Å². The molecule has 0 bridgehead atoms. The zero-order valence-corrected chi connectivity index (χ0v) is 20.5. The molecule has 1 saturated heterocycles. The first-order valence-corrected chi connectivity index (χ1v) is 13.1.